The van der Waals surface area contributed by atoms with Crippen LogP contribution in [0.4, 0.5) is 11.4 Å². The number of aromatic nitrogens is 2. The van der Waals surface area contributed by atoms with Crippen molar-refractivity contribution in [2.24, 2.45) is 24.8 Å². The van der Waals surface area contributed by atoms with Crippen LogP contribution in [-0.2, 0) is 34.8 Å². The Hall–Kier alpha value is -6.28. The molecule has 4 heterocycles. The van der Waals surface area contributed by atoms with E-state index in [4.69, 9.17) is 15.2 Å². The fourth-order valence-corrected chi connectivity index (χ4v) is 6.87. The summed E-state index contributed by atoms with van der Waals surface area (Å²) in [6.45, 7) is 8.82. The number of hydrogen-bond acceptors (Lipinski definition) is 9. The number of nitrogens with one attached hydrogen (secondary N) is 2. The molecule has 14 nitrogen and oxygen atoms in total. The van der Waals surface area contributed by atoms with Crippen molar-refractivity contribution in [3.63, 3.8) is 0 Å². The first-order chi connectivity index (χ1) is 27.3. The van der Waals surface area contributed by atoms with Crippen LogP contribution in [-0.4, -0.2) is 88.1 Å². The molecule has 2 atom stereocenters. The van der Waals surface area contributed by atoms with Gasteiger partial charge in [-0.2, -0.15) is 0 Å². The number of ether oxygens (including phenoxy) is 2. The molecule has 57 heavy (non-hydrogen) atoms. The molecule has 3 amide bonds. The average molecular weight is 776 g/mol. The van der Waals surface area contributed by atoms with E-state index < -0.39 is 12.0 Å². The predicted octanol–water partition coefficient (Wildman–Crippen LogP) is 5.06. The first-order valence-electron chi connectivity index (χ1n) is 19.0. The standard InChI is InChI=1S/C43H49N7O7/c1-26-16-33-22-46-35-21-39(27(2)17-34(35)42(54)50(33)23-26)56-14-6-8-40(52)47-32-20-36(49(5)25-32)38(51)18-29-9-11-30(12-10-29)31-19-37(48(4)24-31)41(53)45-13-7-15-57-43(55)28(3)44/h9-12,17,19-22,24-25,28,33H,1,6-8,13-16,18,23,44H2,2-5H3,(H,45,53)(H,47,52)/t28-,33-/m0/s1. The van der Waals surface area contributed by atoms with Gasteiger partial charge in [-0.15, -0.1) is 0 Å². The van der Waals surface area contributed by atoms with Crippen molar-refractivity contribution in [3.05, 3.63) is 101 Å². The zero-order valence-corrected chi connectivity index (χ0v) is 32.8. The SMILES string of the molecule is C=C1C[C@H]2C=Nc3cc(OCCCC(=O)Nc4cc(C(=O)Cc5ccc(-c6cc(C(=O)NCCCOC(=O)[C@H](C)N)n(C)c6)cc5)n(C)c4)c(C)cc3C(=O)N2C1. The van der Waals surface area contributed by atoms with Gasteiger partial charge in [-0.25, -0.2) is 0 Å². The van der Waals surface area contributed by atoms with E-state index in [0.717, 1.165) is 27.8 Å². The number of benzene rings is 2. The molecule has 2 aromatic heterocycles. The minimum Gasteiger partial charge on any atom is -0.493 e. The van der Waals surface area contributed by atoms with Gasteiger partial charge in [0.1, 0.15) is 17.5 Å². The van der Waals surface area contributed by atoms with Gasteiger partial charge in [-0.3, -0.25) is 29.0 Å². The molecular formula is C43H49N7O7. The summed E-state index contributed by atoms with van der Waals surface area (Å²) in [6, 6.07) is 13.9. The summed E-state index contributed by atoms with van der Waals surface area (Å²) in [5.41, 5.74) is 12.5. The third kappa shape index (κ3) is 9.76. The molecule has 0 aliphatic carbocycles. The van der Waals surface area contributed by atoms with Crippen LogP contribution in [0.2, 0.25) is 0 Å². The number of carbonyl (C=O) groups is 5. The second-order valence-electron chi connectivity index (χ2n) is 14.7. The highest BCUT2D eigenvalue weighted by atomic mass is 16.5. The fraction of sp³-hybridized carbons (Fsp3) is 0.349. The zero-order chi connectivity index (χ0) is 40.8. The number of fused-ring (bicyclic) bond motifs is 2. The van der Waals surface area contributed by atoms with Gasteiger partial charge in [0.05, 0.1) is 41.9 Å². The van der Waals surface area contributed by atoms with E-state index in [2.05, 4.69) is 22.2 Å². The number of Topliss-reactive ketones (excluding diaryl/α,β-unsaturated/α-hetero) is 1. The summed E-state index contributed by atoms with van der Waals surface area (Å²) < 4.78 is 14.5. The molecule has 2 aliphatic rings. The van der Waals surface area contributed by atoms with Crippen molar-refractivity contribution in [1.82, 2.24) is 19.4 Å². The quantitative estimate of drug-likeness (QED) is 0.0612. The maximum Gasteiger partial charge on any atom is 0.322 e. The molecule has 1 saturated heterocycles. The molecule has 14 heteroatoms. The molecule has 0 radical (unpaired) electrons. The Kier molecular flexibility index (Phi) is 12.5. The molecule has 0 spiro atoms. The lowest BCUT2D eigenvalue weighted by molar-refractivity contribution is -0.144. The number of rotatable bonds is 16. The van der Waals surface area contributed by atoms with Gasteiger partial charge in [0.25, 0.3) is 11.8 Å². The summed E-state index contributed by atoms with van der Waals surface area (Å²) in [4.78, 5) is 69.9. The maximum atomic E-state index is 13.3. The topological polar surface area (TPSA) is 179 Å². The lowest BCUT2D eigenvalue weighted by Crippen LogP contribution is -2.35. The van der Waals surface area contributed by atoms with Crippen molar-refractivity contribution in [3.8, 4) is 16.9 Å². The highest BCUT2D eigenvalue weighted by Gasteiger charge is 2.34. The Morgan fingerprint density at radius 2 is 1.74 bits per heavy atom. The Balaban J connectivity index is 0.952. The van der Waals surface area contributed by atoms with E-state index in [0.29, 0.717) is 73.0 Å². The van der Waals surface area contributed by atoms with E-state index in [9.17, 15) is 24.0 Å². The van der Waals surface area contributed by atoms with Crippen LogP contribution in [0.15, 0.2) is 78.1 Å². The zero-order valence-electron chi connectivity index (χ0n) is 32.8. The lowest BCUT2D eigenvalue weighted by atomic mass is 10.0. The number of nitrogens with two attached hydrogens (primary N) is 1. The minimum atomic E-state index is -0.686. The van der Waals surface area contributed by atoms with Crippen LogP contribution in [0, 0.1) is 6.92 Å². The van der Waals surface area contributed by atoms with Gasteiger partial charge in [-0.1, -0.05) is 36.4 Å². The van der Waals surface area contributed by atoms with Crippen LogP contribution >= 0.6 is 0 Å². The number of amides is 3. The van der Waals surface area contributed by atoms with Gasteiger partial charge in [0.2, 0.25) is 5.91 Å². The van der Waals surface area contributed by atoms with Crippen LogP contribution < -0.4 is 21.1 Å². The molecule has 1 fully saturated rings. The molecule has 0 bridgehead atoms. The smallest absolute Gasteiger partial charge is 0.322 e. The Labute approximate surface area is 331 Å². The molecular weight excluding hydrogens is 727 g/mol. The van der Waals surface area contributed by atoms with E-state index in [1.54, 1.807) is 65.7 Å². The largest absolute Gasteiger partial charge is 0.493 e. The average Bonchev–Trinajstić information content (AvgIpc) is 3.85. The summed E-state index contributed by atoms with van der Waals surface area (Å²) in [6.07, 6.45) is 7.41. The summed E-state index contributed by atoms with van der Waals surface area (Å²) in [5.74, 6) is -0.458. The van der Waals surface area contributed by atoms with E-state index in [1.165, 1.54) is 0 Å². The third-order valence-corrected chi connectivity index (χ3v) is 9.95. The first kappa shape index (κ1) is 40.4. The predicted molar refractivity (Wildman–Crippen MR) is 217 cm³/mol. The lowest BCUT2D eigenvalue weighted by Gasteiger charge is -2.20. The Bertz CT molecular complexity index is 2230. The second kappa shape index (κ2) is 17.7. The molecule has 2 aliphatic heterocycles. The molecule has 6 rings (SSSR count). The number of aryl methyl sites for hydroxylation is 3. The van der Waals surface area contributed by atoms with Crippen molar-refractivity contribution in [2.75, 3.05) is 31.6 Å². The number of anilines is 1. The molecule has 298 valence electrons. The van der Waals surface area contributed by atoms with Gasteiger partial charge in [0, 0.05) is 70.3 Å². The maximum absolute atomic E-state index is 13.3. The molecule has 2 aromatic carbocycles. The Morgan fingerprint density at radius 1 is 0.982 bits per heavy atom. The van der Waals surface area contributed by atoms with E-state index >= 15 is 0 Å². The fourth-order valence-electron chi connectivity index (χ4n) is 6.87. The van der Waals surface area contributed by atoms with Crippen LogP contribution in [0.5, 0.6) is 5.75 Å². The second-order valence-corrected chi connectivity index (χ2v) is 14.7. The van der Waals surface area contributed by atoms with Crippen molar-refractivity contribution in [1.29, 1.82) is 0 Å². The summed E-state index contributed by atoms with van der Waals surface area (Å²) in [5, 5.41) is 5.72. The van der Waals surface area contributed by atoms with Crippen LogP contribution in [0.1, 0.15) is 75.1 Å². The molecule has 4 aromatic rings. The van der Waals surface area contributed by atoms with Gasteiger partial charge >= 0.3 is 5.97 Å². The van der Waals surface area contributed by atoms with Gasteiger partial charge < -0.3 is 39.9 Å². The Morgan fingerprint density at radius 3 is 2.49 bits per heavy atom. The summed E-state index contributed by atoms with van der Waals surface area (Å²) in [7, 11) is 3.56. The molecule has 0 unspecified atom stereocenters. The third-order valence-electron chi connectivity index (χ3n) is 9.95. The van der Waals surface area contributed by atoms with Gasteiger partial charge in [0.15, 0.2) is 5.78 Å². The van der Waals surface area contributed by atoms with Crippen LogP contribution in [0.25, 0.3) is 11.1 Å². The van der Waals surface area contributed by atoms with E-state index in [-0.39, 0.29) is 49.0 Å². The number of esters is 1. The van der Waals surface area contributed by atoms with Crippen molar-refractivity contribution in [2.45, 2.75) is 58.0 Å². The minimum absolute atomic E-state index is 0.0595. The highest BCUT2D eigenvalue weighted by Crippen LogP contribution is 2.35. The van der Waals surface area contributed by atoms with Gasteiger partial charge in [-0.05, 0) is 68.0 Å². The monoisotopic (exact) mass is 775 g/mol. The number of ketones is 1. The van der Waals surface area contributed by atoms with E-state index in [1.807, 2.05) is 43.5 Å². The molecule has 0 saturated carbocycles. The first-order valence-corrected chi connectivity index (χ1v) is 19.0. The van der Waals surface area contributed by atoms with Crippen LogP contribution in [0.3, 0.4) is 0 Å². The molecule has 4 N–H and O–H groups in total. The highest BCUT2D eigenvalue weighted by molar-refractivity contribution is 6.03. The number of nitrogens with zero attached hydrogens (tertiary/aromatic N) is 4. The number of aliphatic imine (C=N–C) groups is 1. The van der Waals surface area contributed by atoms with Crippen molar-refractivity contribution >= 4 is 47.1 Å². The normalized spacial score (nSPS) is 15.1. The number of carbonyl (C=O) groups excluding carboxylic acids is 5. The van der Waals surface area contributed by atoms with Crippen molar-refractivity contribution < 1.29 is 33.4 Å². The summed E-state index contributed by atoms with van der Waals surface area (Å²) >= 11 is 0. The number of hydrogen-bond donors (Lipinski definition) is 3.